The molecule has 1 unspecified atom stereocenters. The smallest absolute Gasteiger partial charge is 0.303 e. The van der Waals surface area contributed by atoms with Crippen LogP contribution in [-0.4, -0.2) is 30.5 Å². The summed E-state index contributed by atoms with van der Waals surface area (Å²) >= 11 is 0. The number of pyridine rings is 1. The first kappa shape index (κ1) is 23.9. The van der Waals surface area contributed by atoms with Crippen LogP contribution in [0.4, 0.5) is 0 Å². The molecule has 7 heteroatoms. The van der Waals surface area contributed by atoms with Gasteiger partial charge in [0.1, 0.15) is 0 Å². The predicted molar refractivity (Wildman–Crippen MR) is 132 cm³/mol. The van der Waals surface area contributed by atoms with Gasteiger partial charge in [0.2, 0.25) is 10.0 Å². The minimum atomic E-state index is -3.59. The van der Waals surface area contributed by atoms with E-state index in [1.165, 1.54) is 0 Å². The van der Waals surface area contributed by atoms with Crippen LogP contribution in [0.3, 0.4) is 0 Å². The van der Waals surface area contributed by atoms with E-state index < -0.39 is 16.0 Å². The molecule has 4 rings (SSSR count). The lowest BCUT2D eigenvalue weighted by Gasteiger charge is -2.13. The normalized spacial score (nSPS) is 15.8. The maximum Gasteiger partial charge on any atom is 0.303 e. The Labute approximate surface area is 200 Å². The zero-order valence-corrected chi connectivity index (χ0v) is 19.9. The Morgan fingerprint density at radius 2 is 1.85 bits per heavy atom. The van der Waals surface area contributed by atoms with Gasteiger partial charge in [-0.2, -0.15) is 0 Å². The first-order valence-corrected chi connectivity index (χ1v) is 12.8. The van der Waals surface area contributed by atoms with Crippen LogP contribution in [0.1, 0.15) is 47.1 Å². The Bertz CT molecular complexity index is 1300. The standard InChI is InChI=1S/C27H28N2O4S/c1-19-8-12-25(13-9-19)34(32,33)29-24-16-20-10-11-21(15-23(20)17-24)26(6-2-3-7-27(30)31)22-5-4-14-28-18-22/h4-6,8-15,18,24,29H,2-3,7,16-17H2,1H3,(H,30,31). The van der Waals surface area contributed by atoms with E-state index in [1.807, 2.05) is 25.1 Å². The molecular weight excluding hydrogens is 448 g/mol. The van der Waals surface area contributed by atoms with Gasteiger partial charge in [0, 0.05) is 30.4 Å². The van der Waals surface area contributed by atoms with Crippen molar-refractivity contribution in [1.82, 2.24) is 9.71 Å². The average Bonchev–Trinajstić information content (AvgIpc) is 3.20. The largest absolute Gasteiger partial charge is 0.481 e. The van der Waals surface area contributed by atoms with Gasteiger partial charge in [-0.3, -0.25) is 9.78 Å². The molecule has 6 nitrogen and oxygen atoms in total. The third kappa shape index (κ3) is 5.79. The minimum absolute atomic E-state index is 0.129. The van der Waals surface area contributed by atoms with Gasteiger partial charge in [-0.25, -0.2) is 13.1 Å². The number of sulfonamides is 1. The first-order chi connectivity index (χ1) is 16.3. The number of nitrogens with zero attached hydrogens (tertiary/aromatic N) is 1. The van der Waals surface area contributed by atoms with Crippen molar-refractivity contribution in [3.8, 4) is 0 Å². The van der Waals surface area contributed by atoms with E-state index in [1.54, 1.807) is 36.7 Å². The molecule has 34 heavy (non-hydrogen) atoms. The molecule has 1 aromatic heterocycles. The van der Waals surface area contributed by atoms with Crippen molar-refractivity contribution in [2.75, 3.05) is 0 Å². The number of carbonyl (C=O) groups is 1. The molecule has 2 aromatic carbocycles. The van der Waals surface area contributed by atoms with Crippen LogP contribution >= 0.6 is 0 Å². The number of rotatable bonds is 9. The molecule has 1 atom stereocenters. The quantitative estimate of drug-likeness (QED) is 0.443. The molecule has 1 heterocycles. The molecule has 0 amide bonds. The number of unbranched alkanes of at least 4 members (excludes halogenated alkanes) is 1. The van der Waals surface area contributed by atoms with E-state index in [-0.39, 0.29) is 17.4 Å². The molecule has 0 radical (unpaired) electrons. The summed E-state index contributed by atoms with van der Waals surface area (Å²) in [6, 6.07) is 16.8. The number of hydrogen-bond acceptors (Lipinski definition) is 4. The number of carboxylic acids is 1. The van der Waals surface area contributed by atoms with E-state index in [4.69, 9.17) is 5.11 Å². The molecule has 3 aromatic rings. The van der Waals surface area contributed by atoms with E-state index in [0.717, 1.165) is 33.4 Å². The predicted octanol–water partition coefficient (Wildman–Crippen LogP) is 4.52. The van der Waals surface area contributed by atoms with Gasteiger partial charge in [0.15, 0.2) is 0 Å². The first-order valence-electron chi connectivity index (χ1n) is 11.4. The van der Waals surface area contributed by atoms with E-state index in [9.17, 15) is 13.2 Å². The Kier molecular flexibility index (Phi) is 7.24. The number of benzene rings is 2. The molecular formula is C27H28N2O4S. The van der Waals surface area contributed by atoms with Crippen molar-refractivity contribution in [3.63, 3.8) is 0 Å². The fourth-order valence-corrected chi connectivity index (χ4v) is 5.53. The van der Waals surface area contributed by atoms with Crippen molar-refractivity contribution in [1.29, 1.82) is 0 Å². The van der Waals surface area contributed by atoms with Gasteiger partial charge in [-0.05, 0) is 73.1 Å². The van der Waals surface area contributed by atoms with E-state index in [0.29, 0.717) is 25.7 Å². The lowest BCUT2D eigenvalue weighted by atomic mass is 9.95. The summed E-state index contributed by atoms with van der Waals surface area (Å²) in [6.45, 7) is 1.93. The molecule has 0 saturated heterocycles. The van der Waals surface area contributed by atoms with Crippen molar-refractivity contribution in [3.05, 3.63) is 101 Å². The summed E-state index contributed by atoms with van der Waals surface area (Å²) in [7, 11) is -3.59. The highest BCUT2D eigenvalue weighted by molar-refractivity contribution is 7.89. The van der Waals surface area contributed by atoms with Crippen LogP contribution in [0.5, 0.6) is 0 Å². The number of aromatic nitrogens is 1. The fourth-order valence-electron chi connectivity index (χ4n) is 4.30. The second-order valence-corrected chi connectivity index (χ2v) is 10.4. The summed E-state index contributed by atoms with van der Waals surface area (Å²) < 4.78 is 28.5. The topological polar surface area (TPSA) is 96.4 Å². The van der Waals surface area contributed by atoms with Crippen LogP contribution in [-0.2, 0) is 27.7 Å². The van der Waals surface area contributed by atoms with Crippen LogP contribution in [0, 0.1) is 6.92 Å². The second-order valence-electron chi connectivity index (χ2n) is 8.67. The molecule has 1 aliphatic rings. The summed E-state index contributed by atoms with van der Waals surface area (Å²) in [4.78, 5) is 15.4. The van der Waals surface area contributed by atoms with Gasteiger partial charge >= 0.3 is 5.97 Å². The van der Waals surface area contributed by atoms with Crippen molar-refractivity contribution >= 4 is 21.6 Å². The number of aliphatic carboxylic acids is 1. The molecule has 1 aliphatic carbocycles. The van der Waals surface area contributed by atoms with Gasteiger partial charge in [-0.1, -0.05) is 48.0 Å². The lowest BCUT2D eigenvalue weighted by molar-refractivity contribution is -0.137. The Hall–Kier alpha value is -3.29. The summed E-state index contributed by atoms with van der Waals surface area (Å²) in [5.41, 5.74) is 6.26. The zero-order valence-electron chi connectivity index (χ0n) is 19.1. The number of nitrogens with one attached hydrogen (secondary N) is 1. The third-order valence-corrected chi connectivity index (χ3v) is 7.56. The second kappa shape index (κ2) is 10.3. The number of carboxylic acid groups (broad SMARTS) is 1. The molecule has 0 bridgehead atoms. The highest BCUT2D eigenvalue weighted by Gasteiger charge is 2.27. The maximum atomic E-state index is 12.8. The fraction of sp³-hybridized carbons (Fsp3) is 0.259. The third-order valence-electron chi connectivity index (χ3n) is 6.02. The van der Waals surface area contributed by atoms with Crippen molar-refractivity contribution in [2.24, 2.45) is 0 Å². The van der Waals surface area contributed by atoms with Crippen LogP contribution in [0.15, 0.2) is 78.0 Å². The van der Waals surface area contributed by atoms with E-state index >= 15 is 0 Å². The average molecular weight is 477 g/mol. The summed E-state index contributed by atoms with van der Waals surface area (Å²) in [5, 5.41) is 8.93. The lowest BCUT2D eigenvalue weighted by Crippen LogP contribution is -2.35. The SMILES string of the molecule is Cc1ccc(S(=O)(=O)NC2Cc3ccc(C(=CCCCC(=O)O)c4cccnc4)cc3C2)cc1. The van der Waals surface area contributed by atoms with Gasteiger partial charge in [-0.15, -0.1) is 0 Å². The van der Waals surface area contributed by atoms with Gasteiger partial charge in [0.05, 0.1) is 4.90 Å². The highest BCUT2D eigenvalue weighted by atomic mass is 32.2. The minimum Gasteiger partial charge on any atom is -0.481 e. The van der Waals surface area contributed by atoms with Crippen molar-refractivity contribution < 1.29 is 18.3 Å². The van der Waals surface area contributed by atoms with Crippen LogP contribution in [0.25, 0.3) is 5.57 Å². The van der Waals surface area contributed by atoms with E-state index in [2.05, 4.69) is 27.9 Å². The highest BCUT2D eigenvalue weighted by Crippen LogP contribution is 2.30. The number of hydrogen-bond donors (Lipinski definition) is 2. The molecule has 0 spiro atoms. The molecule has 2 N–H and O–H groups in total. The van der Waals surface area contributed by atoms with Crippen LogP contribution < -0.4 is 4.72 Å². The van der Waals surface area contributed by atoms with Gasteiger partial charge in [0.25, 0.3) is 0 Å². The zero-order chi connectivity index (χ0) is 24.1. The number of allylic oxidation sites excluding steroid dienone is 1. The monoisotopic (exact) mass is 476 g/mol. The van der Waals surface area contributed by atoms with Crippen LogP contribution in [0.2, 0.25) is 0 Å². The number of fused-ring (bicyclic) bond motifs is 1. The summed E-state index contributed by atoms with van der Waals surface area (Å²) in [5.74, 6) is -0.798. The van der Waals surface area contributed by atoms with Gasteiger partial charge < -0.3 is 5.11 Å². The van der Waals surface area contributed by atoms with Crippen molar-refractivity contribution in [2.45, 2.75) is 50.0 Å². The Balaban J connectivity index is 1.53. The Morgan fingerprint density at radius 3 is 2.56 bits per heavy atom. The maximum absolute atomic E-state index is 12.8. The molecule has 176 valence electrons. The molecule has 0 saturated carbocycles. The molecule has 0 aliphatic heterocycles. The summed E-state index contributed by atoms with van der Waals surface area (Å²) in [6.07, 6.45) is 8.18. The molecule has 0 fully saturated rings. The Morgan fingerprint density at radius 1 is 1.09 bits per heavy atom. The number of aryl methyl sites for hydroxylation is 1.